The van der Waals surface area contributed by atoms with Crippen LogP contribution in [0, 0.1) is 0 Å². The molecule has 0 saturated carbocycles. The van der Waals surface area contributed by atoms with E-state index in [0.717, 1.165) is 24.2 Å². The zero-order chi connectivity index (χ0) is 13.2. The molecule has 0 fully saturated rings. The second-order valence-electron chi connectivity index (χ2n) is 4.76. The molecule has 19 heavy (non-hydrogen) atoms. The third-order valence-corrected chi connectivity index (χ3v) is 4.33. The molecule has 0 spiro atoms. The SMILES string of the molecule is O=C(O)C1Cc2ccccc2N1CCc1ccsc1. The quantitative estimate of drug-likeness (QED) is 0.931. The number of anilines is 1. The van der Waals surface area contributed by atoms with Crippen LogP contribution in [0.3, 0.4) is 0 Å². The number of benzene rings is 1. The predicted octanol–water partition coefficient (Wildman–Crippen LogP) is 2.81. The number of carboxylic acid groups (broad SMARTS) is 1. The standard InChI is InChI=1S/C15H15NO2S/c17-15(18)14-9-12-3-1-2-4-13(12)16(14)7-5-11-6-8-19-10-11/h1-4,6,8,10,14H,5,7,9H2,(H,17,18). The van der Waals surface area contributed by atoms with Crippen LogP contribution < -0.4 is 4.90 Å². The molecule has 0 saturated heterocycles. The minimum atomic E-state index is -0.735. The maximum Gasteiger partial charge on any atom is 0.326 e. The first-order valence-corrected chi connectivity index (χ1v) is 7.28. The Morgan fingerprint density at radius 1 is 1.37 bits per heavy atom. The van der Waals surface area contributed by atoms with Crippen molar-refractivity contribution in [2.75, 3.05) is 11.4 Å². The third-order valence-electron chi connectivity index (χ3n) is 3.60. The number of carboxylic acids is 1. The Morgan fingerprint density at radius 3 is 2.95 bits per heavy atom. The summed E-state index contributed by atoms with van der Waals surface area (Å²) in [5, 5.41) is 13.6. The number of rotatable bonds is 4. The molecule has 1 N–H and O–H groups in total. The van der Waals surface area contributed by atoms with Gasteiger partial charge in [-0.15, -0.1) is 0 Å². The van der Waals surface area contributed by atoms with Gasteiger partial charge in [0, 0.05) is 18.7 Å². The second kappa shape index (κ2) is 5.05. The minimum Gasteiger partial charge on any atom is -0.480 e. The first kappa shape index (κ1) is 12.2. The average molecular weight is 273 g/mol. The molecule has 98 valence electrons. The van der Waals surface area contributed by atoms with Crippen molar-refractivity contribution in [1.29, 1.82) is 0 Å². The summed E-state index contributed by atoms with van der Waals surface area (Å²) in [6.07, 6.45) is 1.50. The summed E-state index contributed by atoms with van der Waals surface area (Å²) in [7, 11) is 0. The van der Waals surface area contributed by atoms with E-state index in [4.69, 9.17) is 0 Å². The first-order chi connectivity index (χ1) is 9.25. The van der Waals surface area contributed by atoms with E-state index in [-0.39, 0.29) is 0 Å². The van der Waals surface area contributed by atoms with Gasteiger partial charge in [0.05, 0.1) is 0 Å². The van der Waals surface area contributed by atoms with Crippen LogP contribution in [-0.2, 0) is 17.6 Å². The Morgan fingerprint density at radius 2 is 2.21 bits per heavy atom. The van der Waals surface area contributed by atoms with Crippen molar-refractivity contribution in [3.05, 3.63) is 52.2 Å². The van der Waals surface area contributed by atoms with Gasteiger partial charge in [0.25, 0.3) is 0 Å². The van der Waals surface area contributed by atoms with E-state index in [9.17, 15) is 9.90 Å². The molecule has 1 aromatic carbocycles. The van der Waals surface area contributed by atoms with Crippen molar-refractivity contribution in [3.63, 3.8) is 0 Å². The molecule has 2 aromatic rings. The van der Waals surface area contributed by atoms with Crippen molar-refractivity contribution >= 4 is 23.0 Å². The molecule has 1 aliphatic heterocycles. The van der Waals surface area contributed by atoms with Crippen LogP contribution in [0.15, 0.2) is 41.1 Å². The van der Waals surface area contributed by atoms with Gasteiger partial charge in [0.2, 0.25) is 0 Å². The number of thiophene rings is 1. The maximum absolute atomic E-state index is 11.4. The molecule has 0 radical (unpaired) electrons. The van der Waals surface area contributed by atoms with Crippen molar-refractivity contribution < 1.29 is 9.90 Å². The lowest BCUT2D eigenvalue weighted by Crippen LogP contribution is -2.39. The van der Waals surface area contributed by atoms with Crippen molar-refractivity contribution in [2.24, 2.45) is 0 Å². The molecule has 4 heteroatoms. The summed E-state index contributed by atoms with van der Waals surface area (Å²) in [5.74, 6) is -0.735. The van der Waals surface area contributed by atoms with E-state index in [1.807, 2.05) is 29.2 Å². The minimum absolute atomic E-state index is 0.420. The van der Waals surface area contributed by atoms with Crippen LogP contribution in [0.25, 0.3) is 0 Å². The van der Waals surface area contributed by atoms with Crippen LogP contribution in [0.4, 0.5) is 5.69 Å². The molecular weight excluding hydrogens is 258 g/mol. The van der Waals surface area contributed by atoms with Gasteiger partial charge in [-0.1, -0.05) is 18.2 Å². The van der Waals surface area contributed by atoms with Crippen LogP contribution in [0.2, 0.25) is 0 Å². The van der Waals surface area contributed by atoms with Gasteiger partial charge in [-0.05, 0) is 40.4 Å². The van der Waals surface area contributed by atoms with E-state index >= 15 is 0 Å². The summed E-state index contributed by atoms with van der Waals surface area (Å²) in [5.41, 5.74) is 3.49. The molecule has 1 unspecified atom stereocenters. The normalized spacial score (nSPS) is 17.5. The molecule has 0 bridgehead atoms. The van der Waals surface area contributed by atoms with Crippen LogP contribution in [0.1, 0.15) is 11.1 Å². The van der Waals surface area contributed by atoms with E-state index in [1.165, 1.54) is 5.56 Å². The molecule has 0 aliphatic carbocycles. The monoisotopic (exact) mass is 273 g/mol. The van der Waals surface area contributed by atoms with E-state index in [2.05, 4.69) is 16.8 Å². The predicted molar refractivity (Wildman–Crippen MR) is 76.9 cm³/mol. The fourth-order valence-electron chi connectivity index (χ4n) is 2.63. The molecule has 2 heterocycles. The number of fused-ring (bicyclic) bond motifs is 1. The summed E-state index contributed by atoms with van der Waals surface area (Å²) >= 11 is 1.68. The Hall–Kier alpha value is -1.81. The fraction of sp³-hybridized carbons (Fsp3) is 0.267. The Kier molecular flexibility index (Phi) is 3.25. The number of para-hydroxylation sites is 1. The average Bonchev–Trinajstić information content (AvgIpc) is 3.03. The lowest BCUT2D eigenvalue weighted by Gasteiger charge is -2.24. The third kappa shape index (κ3) is 2.36. The van der Waals surface area contributed by atoms with Crippen molar-refractivity contribution in [2.45, 2.75) is 18.9 Å². The van der Waals surface area contributed by atoms with Gasteiger partial charge in [-0.25, -0.2) is 4.79 Å². The van der Waals surface area contributed by atoms with Crippen molar-refractivity contribution in [1.82, 2.24) is 0 Å². The molecule has 1 atom stereocenters. The second-order valence-corrected chi connectivity index (χ2v) is 5.54. The number of aliphatic carboxylic acids is 1. The zero-order valence-electron chi connectivity index (χ0n) is 10.5. The molecule has 1 aliphatic rings. The molecule has 3 rings (SSSR count). The smallest absolute Gasteiger partial charge is 0.326 e. The number of nitrogens with zero attached hydrogens (tertiary/aromatic N) is 1. The summed E-state index contributed by atoms with van der Waals surface area (Å²) in [6, 6.07) is 9.67. The van der Waals surface area contributed by atoms with Gasteiger partial charge in [0.1, 0.15) is 6.04 Å². The van der Waals surface area contributed by atoms with E-state index in [0.29, 0.717) is 6.42 Å². The number of hydrogen-bond donors (Lipinski definition) is 1. The largest absolute Gasteiger partial charge is 0.480 e. The number of hydrogen-bond acceptors (Lipinski definition) is 3. The van der Waals surface area contributed by atoms with E-state index < -0.39 is 12.0 Å². The van der Waals surface area contributed by atoms with Gasteiger partial charge in [-0.3, -0.25) is 0 Å². The van der Waals surface area contributed by atoms with Crippen LogP contribution in [-0.4, -0.2) is 23.7 Å². The van der Waals surface area contributed by atoms with Gasteiger partial charge in [-0.2, -0.15) is 11.3 Å². The fourth-order valence-corrected chi connectivity index (χ4v) is 3.33. The zero-order valence-corrected chi connectivity index (χ0v) is 11.3. The summed E-state index contributed by atoms with van der Waals surface area (Å²) in [4.78, 5) is 13.4. The maximum atomic E-state index is 11.4. The topological polar surface area (TPSA) is 40.5 Å². The van der Waals surface area contributed by atoms with Crippen molar-refractivity contribution in [3.8, 4) is 0 Å². The summed E-state index contributed by atoms with van der Waals surface area (Å²) in [6.45, 7) is 0.755. The molecule has 1 aromatic heterocycles. The first-order valence-electron chi connectivity index (χ1n) is 6.34. The Balaban J connectivity index is 1.81. The highest BCUT2D eigenvalue weighted by Crippen LogP contribution is 2.32. The van der Waals surface area contributed by atoms with E-state index in [1.54, 1.807) is 11.3 Å². The summed E-state index contributed by atoms with van der Waals surface area (Å²) < 4.78 is 0. The molecule has 0 amide bonds. The van der Waals surface area contributed by atoms with Crippen LogP contribution >= 0.6 is 11.3 Å². The number of carbonyl (C=O) groups is 1. The lowest BCUT2D eigenvalue weighted by atomic mass is 10.1. The highest BCUT2D eigenvalue weighted by Gasteiger charge is 2.33. The lowest BCUT2D eigenvalue weighted by molar-refractivity contribution is -0.138. The molecule has 3 nitrogen and oxygen atoms in total. The molecular formula is C15H15NO2S. The van der Waals surface area contributed by atoms with Gasteiger partial charge < -0.3 is 10.0 Å². The Labute approximate surface area is 116 Å². The van der Waals surface area contributed by atoms with Gasteiger partial charge >= 0.3 is 5.97 Å². The van der Waals surface area contributed by atoms with Gasteiger partial charge in [0.15, 0.2) is 0 Å². The highest BCUT2D eigenvalue weighted by molar-refractivity contribution is 7.07. The Bertz CT molecular complexity index is 580. The highest BCUT2D eigenvalue weighted by atomic mass is 32.1. The van der Waals surface area contributed by atoms with Crippen LogP contribution in [0.5, 0.6) is 0 Å².